The summed E-state index contributed by atoms with van der Waals surface area (Å²) in [5.74, 6) is -0.180. The van der Waals surface area contributed by atoms with Crippen LogP contribution in [0.25, 0.3) is 0 Å². The Morgan fingerprint density at radius 1 is 1.17 bits per heavy atom. The molecule has 0 saturated carbocycles. The number of rotatable bonds is 8. The Bertz CT molecular complexity index is 963. The highest BCUT2D eigenvalue weighted by molar-refractivity contribution is 7.99. The summed E-state index contributed by atoms with van der Waals surface area (Å²) in [6.45, 7) is 1.68. The molecule has 1 N–H and O–H groups in total. The standard InChI is InChI=1S/C20H18FN3O4S/c1-13-22-17(24-28-13)11-29-12-18(25)27-19(14-5-3-2-4-6-14)20(26)23-16-9-7-15(21)8-10-16/h2-10,19H,11-12H2,1H3,(H,23,26). The maximum atomic E-state index is 13.1. The lowest BCUT2D eigenvalue weighted by Crippen LogP contribution is -2.26. The van der Waals surface area contributed by atoms with Gasteiger partial charge in [-0.2, -0.15) is 4.98 Å². The van der Waals surface area contributed by atoms with Crippen molar-refractivity contribution >= 4 is 29.3 Å². The first-order chi connectivity index (χ1) is 14.0. The number of aryl methyl sites for hydroxylation is 1. The number of hydrogen-bond donors (Lipinski definition) is 1. The molecule has 0 radical (unpaired) electrons. The monoisotopic (exact) mass is 415 g/mol. The Labute approximate surface area is 170 Å². The fraction of sp³-hybridized carbons (Fsp3) is 0.200. The molecule has 0 aliphatic rings. The van der Waals surface area contributed by atoms with Gasteiger partial charge in [0, 0.05) is 18.2 Å². The first-order valence-electron chi connectivity index (χ1n) is 8.69. The average molecular weight is 415 g/mol. The number of benzene rings is 2. The van der Waals surface area contributed by atoms with Gasteiger partial charge in [0.05, 0.1) is 11.5 Å². The van der Waals surface area contributed by atoms with Crippen LogP contribution in [0.5, 0.6) is 0 Å². The molecule has 3 aromatic rings. The van der Waals surface area contributed by atoms with Crippen LogP contribution in [0.15, 0.2) is 59.1 Å². The maximum Gasteiger partial charge on any atom is 0.317 e. The van der Waals surface area contributed by atoms with Crippen molar-refractivity contribution in [1.82, 2.24) is 10.1 Å². The minimum atomic E-state index is -1.14. The number of carbonyl (C=O) groups excluding carboxylic acids is 2. The summed E-state index contributed by atoms with van der Waals surface area (Å²) >= 11 is 1.25. The van der Waals surface area contributed by atoms with E-state index in [4.69, 9.17) is 9.26 Å². The summed E-state index contributed by atoms with van der Waals surface area (Å²) in [7, 11) is 0. The number of nitrogens with zero attached hydrogens (tertiary/aromatic N) is 2. The molecule has 1 aromatic heterocycles. The highest BCUT2D eigenvalue weighted by Gasteiger charge is 2.25. The molecule has 1 amide bonds. The van der Waals surface area contributed by atoms with E-state index < -0.39 is 23.8 Å². The van der Waals surface area contributed by atoms with Gasteiger partial charge in [0.15, 0.2) is 5.82 Å². The lowest BCUT2D eigenvalue weighted by atomic mass is 10.1. The lowest BCUT2D eigenvalue weighted by Gasteiger charge is -2.18. The van der Waals surface area contributed by atoms with Crippen LogP contribution in [0.4, 0.5) is 10.1 Å². The van der Waals surface area contributed by atoms with Crippen molar-refractivity contribution < 1.29 is 23.2 Å². The molecular formula is C20H18FN3O4S. The van der Waals surface area contributed by atoms with Crippen LogP contribution in [0.1, 0.15) is 23.4 Å². The molecule has 1 unspecified atom stereocenters. The number of thioether (sulfide) groups is 1. The van der Waals surface area contributed by atoms with Crippen LogP contribution >= 0.6 is 11.8 Å². The number of aromatic nitrogens is 2. The maximum absolute atomic E-state index is 13.1. The number of amides is 1. The van der Waals surface area contributed by atoms with Gasteiger partial charge in [0.2, 0.25) is 12.0 Å². The summed E-state index contributed by atoms with van der Waals surface area (Å²) in [5.41, 5.74) is 0.925. The third kappa shape index (κ3) is 6.15. The van der Waals surface area contributed by atoms with Crippen molar-refractivity contribution in [2.45, 2.75) is 18.8 Å². The number of anilines is 1. The number of ether oxygens (including phenoxy) is 1. The van der Waals surface area contributed by atoms with E-state index in [1.807, 2.05) is 0 Å². The van der Waals surface area contributed by atoms with E-state index >= 15 is 0 Å². The largest absolute Gasteiger partial charge is 0.447 e. The minimum Gasteiger partial charge on any atom is -0.447 e. The molecular weight excluding hydrogens is 397 g/mol. The smallest absolute Gasteiger partial charge is 0.317 e. The van der Waals surface area contributed by atoms with Gasteiger partial charge in [-0.1, -0.05) is 35.5 Å². The normalized spacial score (nSPS) is 11.7. The number of nitrogens with one attached hydrogen (secondary N) is 1. The average Bonchev–Trinajstić information content (AvgIpc) is 3.13. The molecule has 2 aromatic carbocycles. The van der Waals surface area contributed by atoms with E-state index in [0.717, 1.165) is 0 Å². The molecule has 0 aliphatic heterocycles. The Morgan fingerprint density at radius 3 is 2.55 bits per heavy atom. The third-order valence-electron chi connectivity index (χ3n) is 3.72. The lowest BCUT2D eigenvalue weighted by molar-refractivity contribution is -0.152. The van der Waals surface area contributed by atoms with E-state index in [2.05, 4.69) is 15.5 Å². The molecule has 0 aliphatic carbocycles. The van der Waals surface area contributed by atoms with Crippen molar-refractivity contribution in [3.63, 3.8) is 0 Å². The summed E-state index contributed by atoms with van der Waals surface area (Å²) < 4.78 is 23.4. The van der Waals surface area contributed by atoms with Gasteiger partial charge in [0.1, 0.15) is 5.82 Å². The zero-order valence-electron chi connectivity index (χ0n) is 15.5. The Morgan fingerprint density at radius 2 is 1.90 bits per heavy atom. The van der Waals surface area contributed by atoms with Crippen LogP contribution in [0.3, 0.4) is 0 Å². The highest BCUT2D eigenvalue weighted by Crippen LogP contribution is 2.21. The second-order valence-electron chi connectivity index (χ2n) is 6.00. The fourth-order valence-electron chi connectivity index (χ4n) is 2.43. The van der Waals surface area contributed by atoms with Gasteiger partial charge in [-0.3, -0.25) is 9.59 Å². The third-order valence-corrected chi connectivity index (χ3v) is 4.62. The minimum absolute atomic E-state index is 0.0146. The zero-order valence-corrected chi connectivity index (χ0v) is 16.3. The molecule has 1 heterocycles. The predicted molar refractivity (Wildman–Crippen MR) is 106 cm³/mol. The topological polar surface area (TPSA) is 94.3 Å². The first kappa shape index (κ1) is 20.5. The second kappa shape index (κ2) is 9.83. The number of esters is 1. The summed E-state index contributed by atoms with van der Waals surface area (Å²) in [6, 6.07) is 14.0. The zero-order chi connectivity index (χ0) is 20.6. The van der Waals surface area contributed by atoms with Crippen LogP contribution in [0, 0.1) is 12.7 Å². The van der Waals surface area contributed by atoms with E-state index in [0.29, 0.717) is 28.7 Å². The van der Waals surface area contributed by atoms with Crippen molar-refractivity contribution in [1.29, 1.82) is 0 Å². The first-order valence-corrected chi connectivity index (χ1v) is 9.84. The van der Waals surface area contributed by atoms with E-state index in [9.17, 15) is 14.0 Å². The Balaban J connectivity index is 1.62. The second-order valence-corrected chi connectivity index (χ2v) is 6.98. The molecule has 29 heavy (non-hydrogen) atoms. The molecule has 0 bridgehead atoms. The van der Waals surface area contributed by atoms with Crippen molar-refractivity contribution in [2.75, 3.05) is 11.1 Å². The van der Waals surface area contributed by atoms with Gasteiger partial charge < -0.3 is 14.6 Å². The van der Waals surface area contributed by atoms with Crippen molar-refractivity contribution in [2.24, 2.45) is 0 Å². The van der Waals surface area contributed by atoms with Crippen molar-refractivity contribution in [3.05, 3.63) is 77.7 Å². The number of carbonyl (C=O) groups is 2. The van der Waals surface area contributed by atoms with Crippen molar-refractivity contribution in [3.8, 4) is 0 Å². The molecule has 1 atom stereocenters. The van der Waals surface area contributed by atoms with Gasteiger partial charge in [-0.25, -0.2) is 4.39 Å². The van der Waals surface area contributed by atoms with Gasteiger partial charge in [0.25, 0.3) is 5.91 Å². The summed E-state index contributed by atoms with van der Waals surface area (Å²) in [4.78, 5) is 29.1. The number of hydrogen-bond acceptors (Lipinski definition) is 7. The molecule has 9 heteroatoms. The summed E-state index contributed by atoms with van der Waals surface area (Å²) in [6.07, 6.45) is -1.14. The van der Waals surface area contributed by atoms with Crippen LogP contribution < -0.4 is 5.32 Å². The van der Waals surface area contributed by atoms with Gasteiger partial charge in [-0.15, -0.1) is 11.8 Å². The van der Waals surface area contributed by atoms with E-state index in [1.54, 1.807) is 37.3 Å². The molecule has 7 nitrogen and oxygen atoms in total. The van der Waals surface area contributed by atoms with Crippen LogP contribution in [0.2, 0.25) is 0 Å². The van der Waals surface area contributed by atoms with Gasteiger partial charge >= 0.3 is 5.97 Å². The Hall–Kier alpha value is -3.20. The fourth-order valence-corrected chi connectivity index (χ4v) is 3.07. The van der Waals surface area contributed by atoms with Crippen LogP contribution in [-0.2, 0) is 20.1 Å². The molecule has 0 saturated heterocycles. The predicted octanol–water partition coefficient (Wildman–Crippen LogP) is 3.67. The Kier molecular flexibility index (Phi) is 6.96. The molecule has 150 valence electrons. The molecule has 3 rings (SSSR count). The van der Waals surface area contributed by atoms with Crippen LogP contribution in [-0.4, -0.2) is 27.8 Å². The van der Waals surface area contributed by atoms with E-state index in [-0.39, 0.29) is 5.75 Å². The highest BCUT2D eigenvalue weighted by atomic mass is 32.2. The SMILES string of the molecule is Cc1nc(CSCC(=O)OC(C(=O)Nc2ccc(F)cc2)c2ccccc2)no1. The molecule has 0 fully saturated rings. The van der Waals surface area contributed by atoms with E-state index in [1.165, 1.54) is 36.0 Å². The van der Waals surface area contributed by atoms with Gasteiger partial charge in [-0.05, 0) is 24.3 Å². The summed E-state index contributed by atoms with van der Waals surface area (Å²) in [5, 5.41) is 6.39. The quantitative estimate of drug-likeness (QED) is 0.561. The number of halogens is 1. The molecule has 0 spiro atoms.